The van der Waals surface area contributed by atoms with Crippen molar-refractivity contribution >= 4 is 22.5 Å². The first-order chi connectivity index (χ1) is 15.2. The molecule has 0 bridgehead atoms. The second-order valence-electron chi connectivity index (χ2n) is 6.30. The van der Waals surface area contributed by atoms with E-state index in [4.69, 9.17) is 18.0 Å². The van der Waals surface area contributed by atoms with E-state index in [-0.39, 0.29) is 11.0 Å². The summed E-state index contributed by atoms with van der Waals surface area (Å²) in [5, 5.41) is 11.3. The number of terminal acetylenes is 1. The summed E-state index contributed by atoms with van der Waals surface area (Å²) in [6.07, 6.45) is 10.5. The predicted molar refractivity (Wildman–Crippen MR) is 124 cm³/mol. The molecule has 4 nitrogen and oxygen atoms in total. The average molecular weight is 422 g/mol. The van der Waals surface area contributed by atoms with Crippen LogP contribution >= 0.6 is 11.6 Å². The smallest absolute Gasteiger partial charge is 0.223 e. The summed E-state index contributed by atoms with van der Waals surface area (Å²) in [5.74, 6) is 22.0. The van der Waals surface area contributed by atoms with Gasteiger partial charge < -0.3 is 9.67 Å². The summed E-state index contributed by atoms with van der Waals surface area (Å²) in [6.45, 7) is 2.70. The topological polar surface area (TPSA) is 50.9 Å². The van der Waals surface area contributed by atoms with Gasteiger partial charge in [0, 0.05) is 23.7 Å². The minimum absolute atomic E-state index is 0.0538. The Hall–Kier alpha value is -4.27. The number of aromatic hydroxyl groups is 1. The van der Waals surface area contributed by atoms with Gasteiger partial charge in [-0.15, -0.1) is 6.42 Å². The Kier molecular flexibility index (Phi) is 7.26. The van der Waals surface area contributed by atoms with Crippen molar-refractivity contribution in [1.29, 1.82) is 0 Å². The molecule has 0 saturated heterocycles. The summed E-state index contributed by atoms with van der Waals surface area (Å²) in [6, 6.07) is 6.27. The Morgan fingerprint density at radius 3 is 2.58 bits per heavy atom. The molecule has 0 spiro atoms. The molecule has 0 radical (unpaired) electrons. The van der Waals surface area contributed by atoms with E-state index >= 15 is 0 Å². The summed E-state index contributed by atoms with van der Waals surface area (Å²) in [5.41, 5.74) is 3.99. The number of rotatable bonds is 1. The molecule has 4 rings (SSSR count). The molecular formula is C26H16ClN3O. The Labute approximate surface area is 186 Å². The van der Waals surface area contributed by atoms with Crippen LogP contribution in [0.25, 0.3) is 22.2 Å². The first kappa shape index (κ1) is 21.4. The van der Waals surface area contributed by atoms with Crippen molar-refractivity contribution in [2.24, 2.45) is 0 Å². The van der Waals surface area contributed by atoms with Gasteiger partial charge in [-0.2, -0.15) is 0 Å². The highest BCUT2D eigenvalue weighted by Gasteiger charge is 2.19. The summed E-state index contributed by atoms with van der Waals surface area (Å²) in [4.78, 5) is 7.98. The zero-order valence-corrected chi connectivity index (χ0v) is 17.5. The van der Waals surface area contributed by atoms with E-state index in [1.807, 2.05) is 6.20 Å². The number of halogens is 1. The lowest BCUT2D eigenvalue weighted by Crippen LogP contribution is -2.05. The summed E-state index contributed by atoms with van der Waals surface area (Å²) < 4.78 is 2.24. The van der Waals surface area contributed by atoms with Gasteiger partial charge in [-0.3, -0.25) is 0 Å². The van der Waals surface area contributed by atoms with Crippen molar-refractivity contribution in [3.05, 3.63) is 41.4 Å². The fraction of sp³-hybridized carbons (Fsp3) is 0.154. The van der Waals surface area contributed by atoms with Crippen LogP contribution in [0.4, 0.5) is 0 Å². The van der Waals surface area contributed by atoms with Gasteiger partial charge in [-0.25, -0.2) is 9.97 Å². The molecule has 1 aliphatic rings. The molecule has 3 aromatic rings. The summed E-state index contributed by atoms with van der Waals surface area (Å²) >= 11 is 5.86. The van der Waals surface area contributed by atoms with Crippen molar-refractivity contribution in [2.45, 2.75) is 26.3 Å². The number of aromatic nitrogens is 3. The van der Waals surface area contributed by atoms with Gasteiger partial charge in [0.2, 0.25) is 5.28 Å². The van der Waals surface area contributed by atoms with Gasteiger partial charge in [0.05, 0.1) is 11.7 Å². The van der Waals surface area contributed by atoms with Gasteiger partial charge in [0.25, 0.3) is 0 Å². The number of benzene rings is 1. The van der Waals surface area contributed by atoms with Crippen LogP contribution in [0, 0.1) is 59.7 Å². The first-order valence-corrected chi connectivity index (χ1v) is 9.73. The molecule has 148 valence electrons. The average Bonchev–Trinajstić information content (AvgIpc) is 3.16. The molecule has 0 fully saturated rings. The molecule has 2 aromatic heterocycles. The Bertz CT molecular complexity index is 1430. The molecule has 1 aliphatic heterocycles. The molecule has 1 N–H and O–H groups in total. The Morgan fingerprint density at radius 1 is 1.10 bits per heavy atom. The van der Waals surface area contributed by atoms with Crippen LogP contribution < -0.4 is 0 Å². The van der Waals surface area contributed by atoms with E-state index in [0.29, 0.717) is 5.69 Å². The lowest BCUT2D eigenvalue weighted by molar-refractivity contribution is 0.472. The van der Waals surface area contributed by atoms with E-state index in [0.717, 1.165) is 30.3 Å². The highest BCUT2D eigenvalue weighted by molar-refractivity contribution is 6.28. The van der Waals surface area contributed by atoms with E-state index in [1.165, 1.54) is 17.3 Å². The number of para-hydroxylation sites is 1. The van der Waals surface area contributed by atoms with Gasteiger partial charge in [-0.1, -0.05) is 24.1 Å². The molecule has 3 heterocycles. The maximum Gasteiger partial charge on any atom is 0.223 e. The zero-order valence-electron chi connectivity index (χ0n) is 16.8. The Balaban J connectivity index is 0.000000214. The lowest BCUT2D eigenvalue weighted by atomic mass is 10.0. The maximum atomic E-state index is 10.0. The zero-order chi connectivity index (χ0) is 22.1. The molecule has 0 aliphatic carbocycles. The minimum atomic E-state index is 0.0538. The third-order valence-electron chi connectivity index (χ3n) is 4.39. The van der Waals surface area contributed by atoms with Gasteiger partial charge in [0.15, 0.2) is 5.75 Å². The molecule has 0 saturated carbocycles. The van der Waals surface area contributed by atoms with Gasteiger partial charge in [0.1, 0.15) is 5.69 Å². The lowest BCUT2D eigenvalue weighted by Gasteiger charge is -2.14. The normalized spacial score (nSPS) is 10.2. The van der Waals surface area contributed by atoms with Crippen molar-refractivity contribution in [3.63, 3.8) is 0 Å². The highest BCUT2D eigenvalue weighted by atomic mass is 35.5. The molecular weight excluding hydrogens is 406 g/mol. The Morgan fingerprint density at radius 2 is 1.84 bits per heavy atom. The summed E-state index contributed by atoms with van der Waals surface area (Å²) in [7, 11) is 0. The van der Waals surface area contributed by atoms with Crippen molar-refractivity contribution in [1.82, 2.24) is 14.5 Å². The second-order valence-corrected chi connectivity index (χ2v) is 6.63. The SMILES string of the molecule is C#CC#CC#CC#CC#CC.Oc1cnc(Cl)nc1-c1cn2c3c(cccc13)CCC2. The predicted octanol–water partition coefficient (Wildman–Crippen LogP) is 4.06. The number of nitrogens with zero attached hydrogens (tertiary/aromatic N) is 3. The van der Waals surface area contributed by atoms with Gasteiger partial charge >= 0.3 is 0 Å². The first-order valence-electron chi connectivity index (χ1n) is 9.35. The largest absolute Gasteiger partial charge is 0.504 e. The van der Waals surface area contributed by atoms with Crippen LogP contribution in [0.1, 0.15) is 18.9 Å². The van der Waals surface area contributed by atoms with Crippen LogP contribution in [-0.2, 0) is 13.0 Å². The van der Waals surface area contributed by atoms with E-state index < -0.39 is 0 Å². The van der Waals surface area contributed by atoms with Crippen molar-refractivity contribution < 1.29 is 5.11 Å². The number of aryl methyl sites for hydroxylation is 2. The van der Waals surface area contributed by atoms with Crippen molar-refractivity contribution in [2.75, 3.05) is 0 Å². The maximum absolute atomic E-state index is 10.0. The van der Waals surface area contributed by atoms with E-state index in [1.54, 1.807) is 6.92 Å². The number of hydrogen-bond donors (Lipinski definition) is 1. The monoisotopic (exact) mass is 421 g/mol. The number of hydrogen-bond acceptors (Lipinski definition) is 3. The third kappa shape index (κ3) is 5.21. The van der Waals surface area contributed by atoms with Crippen LogP contribution in [0.15, 0.2) is 30.6 Å². The third-order valence-corrected chi connectivity index (χ3v) is 4.58. The minimum Gasteiger partial charge on any atom is -0.504 e. The standard InChI is InChI=1S/C15H12ClN3O.C11H4/c16-15-17-7-12(20)13(18-15)11-8-19-6-2-4-9-3-1-5-10(11)14(9)19;1-3-5-7-9-11-10-8-6-4-2/h1,3,5,7-8,20H,2,4,6H2;1H,2H3. The van der Waals surface area contributed by atoms with Crippen molar-refractivity contribution in [3.8, 4) is 76.7 Å². The fourth-order valence-corrected chi connectivity index (χ4v) is 3.38. The fourth-order valence-electron chi connectivity index (χ4n) is 3.25. The van der Waals surface area contributed by atoms with E-state index in [2.05, 4.69) is 86.0 Å². The molecule has 0 atom stereocenters. The molecule has 31 heavy (non-hydrogen) atoms. The van der Waals surface area contributed by atoms with E-state index in [9.17, 15) is 5.11 Å². The highest BCUT2D eigenvalue weighted by Crippen LogP contribution is 2.37. The van der Waals surface area contributed by atoms with Crippen LogP contribution in [-0.4, -0.2) is 19.6 Å². The molecule has 0 unspecified atom stereocenters. The van der Waals surface area contributed by atoms with Crippen LogP contribution in [0.3, 0.4) is 0 Å². The molecule has 5 heteroatoms. The quantitative estimate of drug-likeness (QED) is 0.476. The molecule has 0 amide bonds. The van der Waals surface area contributed by atoms with Gasteiger partial charge in [-0.05, 0) is 84.3 Å². The second kappa shape index (κ2) is 10.5. The molecule has 1 aromatic carbocycles. The van der Waals surface area contributed by atoms with Crippen LogP contribution in [0.5, 0.6) is 5.75 Å². The van der Waals surface area contributed by atoms with Crippen LogP contribution in [0.2, 0.25) is 5.28 Å².